The zero-order valence-electron chi connectivity index (χ0n) is 8.08. The van der Waals surface area contributed by atoms with Gasteiger partial charge in [-0.05, 0) is 25.0 Å². The van der Waals surface area contributed by atoms with E-state index in [1.807, 2.05) is 0 Å². The molecule has 13 heavy (non-hydrogen) atoms. The van der Waals surface area contributed by atoms with Crippen LogP contribution in [-0.4, -0.2) is 6.54 Å². The first-order chi connectivity index (χ1) is 5.65. The van der Waals surface area contributed by atoms with Gasteiger partial charge in [0.1, 0.15) is 0 Å². The predicted molar refractivity (Wildman–Crippen MR) is 59.1 cm³/mol. The molecular weight excluding hydrogens is 184 g/mol. The summed E-state index contributed by atoms with van der Waals surface area (Å²) in [7, 11) is 0. The van der Waals surface area contributed by atoms with E-state index in [-0.39, 0.29) is 18.4 Å². The second-order valence-electron chi connectivity index (χ2n) is 3.20. The Bertz CT molecular complexity index is 274. The molecule has 2 nitrogen and oxygen atoms in total. The van der Waals surface area contributed by atoms with Crippen molar-refractivity contribution in [3.63, 3.8) is 0 Å². The topological polar surface area (TPSA) is 52.0 Å². The highest BCUT2D eigenvalue weighted by Gasteiger charge is 2.05. The molecule has 1 aromatic carbocycles. The first kappa shape index (κ1) is 12.4. The Morgan fingerprint density at radius 3 is 2.38 bits per heavy atom. The number of nitrogens with two attached hydrogens (primary N) is 2. The molecule has 0 aliphatic rings. The molecule has 0 heterocycles. The standard InChI is InChI=1S/C10H16N2.ClH/c1-7-3-4-9(8(2)5-7)10(12)6-11;/h3-5,10H,6,11-12H2,1-2H3;1H. The molecule has 0 saturated heterocycles. The van der Waals surface area contributed by atoms with E-state index in [0.29, 0.717) is 6.54 Å². The molecule has 0 fully saturated rings. The van der Waals surface area contributed by atoms with Gasteiger partial charge in [-0.2, -0.15) is 0 Å². The summed E-state index contributed by atoms with van der Waals surface area (Å²) in [6.07, 6.45) is 0. The van der Waals surface area contributed by atoms with Crippen LogP contribution in [0.4, 0.5) is 0 Å². The highest BCUT2D eigenvalue weighted by atomic mass is 35.5. The van der Waals surface area contributed by atoms with Crippen molar-refractivity contribution in [1.29, 1.82) is 0 Å². The Hall–Kier alpha value is -0.570. The number of aryl methyl sites for hydroxylation is 2. The van der Waals surface area contributed by atoms with Crippen LogP contribution in [0, 0.1) is 13.8 Å². The quantitative estimate of drug-likeness (QED) is 0.764. The van der Waals surface area contributed by atoms with Crippen LogP contribution in [0.2, 0.25) is 0 Å². The van der Waals surface area contributed by atoms with Gasteiger partial charge in [0.25, 0.3) is 0 Å². The molecule has 0 aliphatic carbocycles. The first-order valence-corrected chi connectivity index (χ1v) is 4.18. The van der Waals surface area contributed by atoms with Crippen LogP contribution in [0.3, 0.4) is 0 Å². The molecule has 1 atom stereocenters. The minimum absolute atomic E-state index is 0. The molecule has 0 bridgehead atoms. The lowest BCUT2D eigenvalue weighted by Gasteiger charge is -2.12. The minimum atomic E-state index is -0.0226. The average molecular weight is 201 g/mol. The first-order valence-electron chi connectivity index (χ1n) is 4.18. The molecule has 3 heteroatoms. The molecule has 0 aliphatic heterocycles. The van der Waals surface area contributed by atoms with E-state index >= 15 is 0 Å². The average Bonchev–Trinajstić information content (AvgIpc) is 2.03. The maximum Gasteiger partial charge on any atom is 0.0422 e. The van der Waals surface area contributed by atoms with Crippen molar-refractivity contribution in [1.82, 2.24) is 0 Å². The molecule has 74 valence electrons. The van der Waals surface area contributed by atoms with Crippen LogP contribution in [0.5, 0.6) is 0 Å². The van der Waals surface area contributed by atoms with E-state index in [4.69, 9.17) is 11.5 Å². The summed E-state index contributed by atoms with van der Waals surface area (Å²) < 4.78 is 0. The SMILES string of the molecule is Cc1ccc(C(N)CN)c(C)c1.Cl. The van der Waals surface area contributed by atoms with Crippen molar-refractivity contribution in [2.24, 2.45) is 11.5 Å². The van der Waals surface area contributed by atoms with Crippen molar-refractivity contribution in [2.45, 2.75) is 19.9 Å². The number of hydrogen-bond acceptors (Lipinski definition) is 2. The van der Waals surface area contributed by atoms with Crippen molar-refractivity contribution in [2.75, 3.05) is 6.54 Å². The third-order valence-corrected chi connectivity index (χ3v) is 2.08. The largest absolute Gasteiger partial charge is 0.329 e. The van der Waals surface area contributed by atoms with Crippen molar-refractivity contribution < 1.29 is 0 Å². The molecule has 0 spiro atoms. The summed E-state index contributed by atoms with van der Waals surface area (Å²) in [6, 6.07) is 6.23. The van der Waals surface area contributed by atoms with E-state index in [2.05, 4.69) is 32.0 Å². The van der Waals surface area contributed by atoms with Crippen LogP contribution >= 0.6 is 12.4 Å². The number of hydrogen-bond donors (Lipinski definition) is 2. The fourth-order valence-corrected chi connectivity index (χ4v) is 1.37. The van der Waals surface area contributed by atoms with Crippen molar-refractivity contribution >= 4 is 12.4 Å². The lowest BCUT2D eigenvalue weighted by Crippen LogP contribution is -2.21. The monoisotopic (exact) mass is 200 g/mol. The summed E-state index contributed by atoms with van der Waals surface area (Å²) in [5.74, 6) is 0. The van der Waals surface area contributed by atoms with Gasteiger partial charge in [0.2, 0.25) is 0 Å². The van der Waals surface area contributed by atoms with Crippen LogP contribution in [0.15, 0.2) is 18.2 Å². The fourth-order valence-electron chi connectivity index (χ4n) is 1.37. The Morgan fingerprint density at radius 1 is 1.31 bits per heavy atom. The summed E-state index contributed by atoms with van der Waals surface area (Å²) in [4.78, 5) is 0. The molecule has 1 unspecified atom stereocenters. The normalized spacial score (nSPS) is 12.0. The van der Waals surface area contributed by atoms with E-state index in [1.54, 1.807) is 0 Å². The summed E-state index contributed by atoms with van der Waals surface area (Å²) in [5, 5.41) is 0. The molecule has 0 radical (unpaired) electrons. The van der Waals surface area contributed by atoms with Gasteiger partial charge < -0.3 is 11.5 Å². The third kappa shape index (κ3) is 2.99. The molecule has 4 N–H and O–H groups in total. The highest BCUT2D eigenvalue weighted by molar-refractivity contribution is 5.85. The highest BCUT2D eigenvalue weighted by Crippen LogP contribution is 2.15. The lowest BCUT2D eigenvalue weighted by molar-refractivity contribution is 0.731. The van der Waals surface area contributed by atoms with E-state index in [0.717, 1.165) is 5.56 Å². The van der Waals surface area contributed by atoms with Crippen molar-refractivity contribution in [3.05, 3.63) is 34.9 Å². The minimum Gasteiger partial charge on any atom is -0.329 e. The number of benzene rings is 1. The Morgan fingerprint density at radius 2 is 1.92 bits per heavy atom. The Kier molecular flexibility index (Phi) is 4.99. The summed E-state index contributed by atoms with van der Waals surface area (Å²) >= 11 is 0. The van der Waals surface area contributed by atoms with E-state index in [9.17, 15) is 0 Å². The Labute approximate surface area is 85.7 Å². The second-order valence-corrected chi connectivity index (χ2v) is 3.20. The van der Waals surface area contributed by atoms with Gasteiger partial charge in [-0.1, -0.05) is 23.8 Å². The van der Waals surface area contributed by atoms with Gasteiger partial charge in [-0.3, -0.25) is 0 Å². The molecule has 0 amide bonds. The van der Waals surface area contributed by atoms with Gasteiger partial charge in [-0.15, -0.1) is 12.4 Å². The van der Waals surface area contributed by atoms with Crippen LogP contribution < -0.4 is 11.5 Å². The smallest absolute Gasteiger partial charge is 0.0422 e. The molecule has 0 aromatic heterocycles. The molecule has 1 rings (SSSR count). The van der Waals surface area contributed by atoms with Gasteiger partial charge in [0, 0.05) is 12.6 Å². The van der Waals surface area contributed by atoms with Crippen LogP contribution in [-0.2, 0) is 0 Å². The zero-order valence-corrected chi connectivity index (χ0v) is 8.90. The maximum atomic E-state index is 5.82. The van der Waals surface area contributed by atoms with E-state index in [1.165, 1.54) is 11.1 Å². The van der Waals surface area contributed by atoms with Gasteiger partial charge in [-0.25, -0.2) is 0 Å². The zero-order chi connectivity index (χ0) is 9.14. The number of rotatable bonds is 2. The molecule has 1 aromatic rings. The Balaban J connectivity index is 0.00000144. The molecular formula is C10H17ClN2. The van der Waals surface area contributed by atoms with Crippen LogP contribution in [0.25, 0.3) is 0 Å². The molecule has 0 saturated carbocycles. The van der Waals surface area contributed by atoms with Crippen molar-refractivity contribution in [3.8, 4) is 0 Å². The summed E-state index contributed by atoms with van der Waals surface area (Å²) in [6.45, 7) is 4.65. The summed E-state index contributed by atoms with van der Waals surface area (Å²) in [5.41, 5.74) is 15.0. The third-order valence-electron chi connectivity index (χ3n) is 2.08. The van der Waals surface area contributed by atoms with Gasteiger partial charge in [0.05, 0.1) is 0 Å². The maximum absolute atomic E-state index is 5.82. The predicted octanol–water partition coefficient (Wildman–Crippen LogP) is 1.68. The van der Waals surface area contributed by atoms with Crippen LogP contribution in [0.1, 0.15) is 22.7 Å². The van der Waals surface area contributed by atoms with Gasteiger partial charge in [0.15, 0.2) is 0 Å². The fraction of sp³-hybridized carbons (Fsp3) is 0.400. The second kappa shape index (κ2) is 5.22. The van der Waals surface area contributed by atoms with E-state index < -0.39 is 0 Å². The number of halogens is 1. The van der Waals surface area contributed by atoms with Gasteiger partial charge >= 0.3 is 0 Å². The lowest BCUT2D eigenvalue weighted by atomic mass is 10.00.